The van der Waals surface area contributed by atoms with Crippen molar-refractivity contribution in [3.63, 3.8) is 0 Å². The first-order valence-corrected chi connectivity index (χ1v) is 15.9. The number of thiazole rings is 1. The van der Waals surface area contributed by atoms with Crippen molar-refractivity contribution in [3.8, 4) is 11.3 Å². The molecule has 3 rings (SSSR count). The van der Waals surface area contributed by atoms with E-state index >= 15 is 0 Å². The Hall–Kier alpha value is -3.14. The molecule has 1 aromatic heterocycles. The number of ether oxygens (including phenoxy) is 1. The van der Waals surface area contributed by atoms with Gasteiger partial charge < -0.3 is 20.3 Å². The van der Waals surface area contributed by atoms with Gasteiger partial charge in [-0.1, -0.05) is 73.4 Å². The third-order valence-corrected chi connectivity index (χ3v) is 7.93. The minimum absolute atomic E-state index is 0.0785. The van der Waals surface area contributed by atoms with Crippen molar-refractivity contribution in [3.05, 3.63) is 69.0 Å². The van der Waals surface area contributed by atoms with Crippen LogP contribution < -0.4 is 15.5 Å². The van der Waals surface area contributed by atoms with E-state index in [0.29, 0.717) is 54.4 Å². The number of amidine groups is 1. The van der Waals surface area contributed by atoms with Crippen LogP contribution in [0.3, 0.4) is 0 Å². The Balaban J connectivity index is 1.68. The molecule has 0 saturated carbocycles. The van der Waals surface area contributed by atoms with Crippen LogP contribution in [0.5, 0.6) is 0 Å². The van der Waals surface area contributed by atoms with E-state index in [2.05, 4.69) is 46.5 Å². The zero-order chi connectivity index (χ0) is 31.6. The fourth-order valence-electron chi connectivity index (χ4n) is 4.13. The predicted octanol–water partition coefficient (Wildman–Crippen LogP) is 7.77. The average Bonchev–Trinajstić information content (AvgIpc) is 3.33. The highest BCUT2D eigenvalue weighted by Crippen LogP contribution is 2.37. The lowest BCUT2D eigenvalue weighted by atomic mass is 10.0. The minimum atomic E-state index is -0.652. The number of nitrogens with zero attached hydrogens (tertiary/aromatic N) is 3. The molecule has 0 spiro atoms. The zero-order valence-electron chi connectivity index (χ0n) is 25.7. The number of amides is 2. The Morgan fingerprint density at radius 1 is 1.05 bits per heavy atom. The van der Waals surface area contributed by atoms with Crippen LogP contribution in [0.4, 0.5) is 9.93 Å². The Kier molecular flexibility index (Phi) is 12.8. The maximum atomic E-state index is 12.8. The second-order valence-corrected chi connectivity index (χ2v) is 13.5. The van der Waals surface area contributed by atoms with Crippen LogP contribution >= 0.6 is 34.5 Å². The van der Waals surface area contributed by atoms with Crippen LogP contribution in [0.15, 0.2) is 53.5 Å². The third-order valence-electron chi connectivity index (χ3n) is 6.05. The molecule has 0 aliphatic carbocycles. The van der Waals surface area contributed by atoms with E-state index in [4.69, 9.17) is 32.9 Å². The van der Waals surface area contributed by atoms with Gasteiger partial charge in [-0.15, -0.1) is 11.3 Å². The Bertz CT molecular complexity index is 1400. The van der Waals surface area contributed by atoms with E-state index in [1.54, 1.807) is 45.1 Å². The number of carbonyl (C=O) groups is 2. The van der Waals surface area contributed by atoms with Crippen molar-refractivity contribution in [1.29, 1.82) is 0 Å². The maximum Gasteiger partial charge on any atom is 0.435 e. The summed E-state index contributed by atoms with van der Waals surface area (Å²) in [7, 11) is 0. The van der Waals surface area contributed by atoms with Gasteiger partial charge in [0.15, 0.2) is 5.13 Å². The Morgan fingerprint density at radius 2 is 1.74 bits per heavy atom. The first-order valence-electron chi connectivity index (χ1n) is 14.3. The lowest BCUT2D eigenvalue weighted by molar-refractivity contribution is -0.120. The zero-order valence-corrected chi connectivity index (χ0v) is 28.0. The number of nitrogens with one attached hydrogen (secondary N) is 2. The summed E-state index contributed by atoms with van der Waals surface area (Å²) in [4.78, 5) is 36.9. The standard InChI is InChI=1S/C32H41Cl2N5O3S/c1-21(2)18-27-29(24-12-13-25(33)26(34)19-24)38-30(43-27)39(20-23-10-8-7-9-11-23)17-14-28(40)36-16-15-35-22(3)37-31(41)42-32(4,5)6/h7-13,19,21H,14-18,20H2,1-6H3,(H,36,40)(H,35,37,41). The molecule has 0 saturated heterocycles. The fraction of sp³-hybridized carbons (Fsp3) is 0.438. The fourth-order valence-corrected chi connectivity index (χ4v) is 5.75. The Morgan fingerprint density at radius 3 is 2.40 bits per heavy atom. The largest absolute Gasteiger partial charge is 0.442 e. The second kappa shape index (κ2) is 16.1. The molecule has 0 radical (unpaired) electrons. The summed E-state index contributed by atoms with van der Waals surface area (Å²) < 4.78 is 5.19. The molecule has 0 atom stereocenters. The smallest absolute Gasteiger partial charge is 0.435 e. The lowest BCUT2D eigenvalue weighted by Crippen LogP contribution is -2.36. The molecular formula is C32H41Cl2N5O3S. The van der Waals surface area contributed by atoms with Gasteiger partial charge in [0.1, 0.15) is 11.4 Å². The van der Waals surface area contributed by atoms with Gasteiger partial charge in [-0.25, -0.2) is 9.78 Å². The van der Waals surface area contributed by atoms with Gasteiger partial charge in [-0.2, -0.15) is 4.99 Å². The number of benzene rings is 2. The molecule has 1 heterocycles. The number of aliphatic imine (C=N–C) groups is 1. The summed E-state index contributed by atoms with van der Waals surface area (Å²) in [5, 5.41) is 7.80. The van der Waals surface area contributed by atoms with Crippen molar-refractivity contribution in [1.82, 2.24) is 15.6 Å². The number of aromatic nitrogens is 1. The molecule has 0 aliphatic heterocycles. The molecule has 3 aromatic rings. The van der Waals surface area contributed by atoms with E-state index in [-0.39, 0.29) is 5.91 Å². The van der Waals surface area contributed by atoms with E-state index in [1.165, 1.54) is 4.88 Å². The highest BCUT2D eigenvalue weighted by molar-refractivity contribution is 7.16. The topological polar surface area (TPSA) is 95.9 Å². The summed E-state index contributed by atoms with van der Waals surface area (Å²) in [6, 6.07) is 15.7. The molecule has 232 valence electrons. The van der Waals surface area contributed by atoms with Crippen LogP contribution in [0.25, 0.3) is 11.3 Å². The molecular weight excluding hydrogens is 605 g/mol. The predicted molar refractivity (Wildman–Crippen MR) is 179 cm³/mol. The summed E-state index contributed by atoms with van der Waals surface area (Å²) in [6.07, 6.45) is 0.511. The van der Waals surface area contributed by atoms with Crippen LogP contribution in [-0.4, -0.2) is 48.1 Å². The van der Waals surface area contributed by atoms with E-state index in [9.17, 15) is 9.59 Å². The number of hydrogen-bond donors (Lipinski definition) is 2. The van der Waals surface area contributed by atoms with Crippen LogP contribution in [0, 0.1) is 5.92 Å². The molecule has 2 N–H and O–H groups in total. The number of carbonyl (C=O) groups excluding carboxylic acids is 2. The van der Waals surface area contributed by atoms with Crippen LogP contribution in [0.2, 0.25) is 10.0 Å². The highest BCUT2D eigenvalue weighted by Gasteiger charge is 2.20. The second-order valence-electron chi connectivity index (χ2n) is 11.6. The first-order chi connectivity index (χ1) is 20.3. The van der Waals surface area contributed by atoms with Crippen molar-refractivity contribution >= 4 is 57.5 Å². The normalized spacial score (nSPS) is 11.9. The van der Waals surface area contributed by atoms with Crippen molar-refractivity contribution in [2.75, 3.05) is 24.5 Å². The van der Waals surface area contributed by atoms with E-state index in [1.807, 2.05) is 30.3 Å². The average molecular weight is 647 g/mol. The van der Waals surface area contributed by atoms with Gasteiger partial charge >= 0.3 is 6.09 Å². The summed E-state index contributed by atoms with van der Waals surface area (Å²) in [5.74, 6) is 0.788. The monoisotopic (exact) mass is 645 g/mol. The number of hydrogen-bond acceptors (Lipinski definition) is 6. The van der Waals surface area contributed by atoms with Crippen molar-refractivity contribution in [2.24, 2.45) is 10.9 Å². The molecule has 0 fully saturated rings. The van der Waals surface area contributed by atoms with Gasteiger partial charge in [0.25, 0.3) is 0 Å². The Labute approximate surface area is 268 Å². The summed E-state index contributed by atoms with van der Waals surface area (Å²) in [5.41, 5.74) is 2.33. The van der Waals surface area contributed by atoms with Gasteiger partial charge in [0.05, 0.1) is 15.7 Å². The summed E-state index contributed by atoms with van der Waals surface area (Å²) >= 11 is 14.2. The third kappa shape index (κ3) is 11.8. The van der Waals surface area contributed by atoms with Gasteiger partial charge in [0, 0.05) is 43.0 Å². The van der Waals surface area contributed by atoms with E-state index in [0.717, 1.165) is 28.4 Å². The molecule has 2 amide bonds. The number of halogens is 2. The van der Waals surface area contributed by atoms with Crippen LogP contribution in [0.1, 0.15) is 58.4 Å². The molecule has 0 bridgehead atoms. The lowest BCUT2D eigenvalue weighted by Gasteiger charge is -2.22. The van der Waals surface area contributed by atoms with Crippen molar-refractivity contribution < 1.29 is 14.3 Å². The molecule has 0 aliphatic rings. The molecule has 11 heteroatoms. The molecule has 8 nitrogen and oxygen atoms in total. The van der Waals surface area contributed by atoms with Gasteiger partial charge in [-0.05, 0) is 57.7 Å². The molecule has 2 aromatic carbocycles. The molecule has 43 heavy (non-hydrogen) atoms. The SMILES string of the molecule is C/C(=N\C(=O)OC(C)(C)C)NCCNC(=O)CCN(Cc1ccccc1)c1nc(-c2ccc(Cl)c(Cl)c2)c(CC(C)C)s1. The van der Waals surface area contributed by atoms with Gasteiger partial charge in [0.2, 0.25) is 5.91 Å². The van der Waals surface area contributed by atoms with Gasteiger partial charge in [-0.3, -0.25) is 4.79 Å². The number of rotatable bonds is 12. The van der Waals surface area contributed by atoms with E-state index < -0.39 is 11.7 Å². The molecule has 0 unspecified atom stereocenters. The quantitative estimate of drug-likeness (QED) is 0.119. The first kappa shape index (κ1) is 34.4. The van der Waals surface area contributed by atoms with Crippen LogP contribution in [-0.2, 0) is 22.5 Å². The van der Waals surface area contributed by atoms with Crippen molar-refractivity contribution in [2.45, 2.75) is 66.5 Å². The number of anilines is 1. The maximum absolute atomic E-state index is 12.8. The highest BCUT2D eigenvalue weighted by atomic mass is 35.5. The minimum Gasteiger partial charge on any atom is -0.442 e. The summed E-state index contributed by atoms with van der Waals surface area (Å²) in [6.45, 7) is 13.3.